The lowest BCUT2D eigenvalue weighted by atomic mass is 10.2. The first-order chi connectivity index (χ1) is 4.77. The molecule has 0 radical (unpaired) electrons. The van der Waals surface area contributed by atoms with E-state index < -0.39 is 6.10 Å². The van der Waals surface area contributed by atoms with Crippen LogP contribution in [-0.4, -0.2) is 36.2 Å². The number of nitrogens with zero attached hydrogens (tertiary/aromatic N) is 1. The van der Waals surface area contributed by atoms with Crippen LogP contribution in [0.5, 0.6) is 0 Å². The average Bonchev–Trinajstić information content (AvgIpc) is 2.35. The van der Waals surface area contributed by atoms with E-state index in [0.717, 1.165) is 0 Å². The molecule has 0 bridgehead atoms. The zero-order chi connectivity index (χ0) is 7.14. The van der Waals surface area contributed by atoms with E-state index in [-0.39, 0.29) is 25.0 Å². The molecule has 0 aromatic heterocycles. The molecule has 5 heteroatoms. The lowest BCUT2D eigenvalue weighted by molar-refractivity contribution is 0.0615. The molecule has 2 heterocycles. The fraction of sp³-hybridized carbons (Fsp3) is 0.800. The first-order valence-electron chi connectivity index (χ1n) is 3.07. The SMILES string of the molecule is NC1=N[C@H]2OC[C@@H](O)[C@H]2O1. The summed E-state index contributed by atoms with van der Waals surface area (Å²) in [5.41, 5.74) is 5.22. The zero-order valence-electron chi connectivity index (χ0n) is 5.23. The highest BCUT2D eigenvalue weighted by molar-refractivity contribution is 5.73. The standard InChI is InChI=1S/C5H8N2O3/c6-5-7-4-3(10-5)2(8)1-9-4/h2-4,8H,1H2,(H2,6,7)/t2-,3-,4+/m1/s1. The molecule has 10 heavy (non-hydrogen) atoms. The minimum atomic E-state index is -0.588. The van der Waals surface area contributed by atoms with E-state index in [1.807, 2.05) is 0 Å². The molecule has 2 aliphatic heterocycles. The molecule has 0 saturated carbocycles. The van der Waals surface area contributed by atoms with Crippen molar-refractivity contribution in [2.45, 2.75) is 18.4 Å². The predicted octanol–water partition coefficient (Wildman–Crippen LogP) is -1.58. The molecule has 0 aromatic rings. The third kappa shape index (κ3) is 0.676. The van der Waals surface area contributed by atoms with Gasteiger partial charge < -0.3 is 20.3 Å². The van der Waals surface area contributed by atoms with Crippen LogP contribution in [0.1, 0.15) is 0 Å². The molecule has 1 fully saturated rings. The Hall–Kier alpha value is -0.810. The van der Waals surface area contributed by atoms with E-state index in [4.69, 9.17) is 20.3 Å². The van der Waals surface area contributed by atoms with Gasteiger partial charge in [-0.15, -0.1) is 0 Å². The molecule has 0 amide bonds. The third-order valence-corrected chi connectivity index (χ3v) is 1.61. The van der Waals surface area contributed by atoms with E-state index in [9.17, 15) is 0 Å². The van der Waals surface area contributed by atoms with Crippen LogP contribution in [0.3, 0.4) is 0 Å². The van der Waals surface area contributed by atoms with E-state index >= 15 is 0 Å². The Morgan fingerprint density at radius 2 is 2.50 bits per heavy atom. The van der Waals surface area contributed by atoms with Crippen molar-refractivity contribution in [3.63, 3.8) is 0 Å². The van der Waals surface area contributed by atoms with Gasteiger partial charge in [-0.1, -0.05) is 0 Å². The second kappa shape index (κ2) is 1.83. The third-order valence-electron chi connectivity index (χ3n) is 1.61. The molecule has 0 unspecified atom stereocenters. The highest BCUT2D eigenvalue weighted by Crippen LogP contribution is 2.22. The number of ether oxygens (including phenoxy) is 2. The van der Waals surface area contributed by atoms with Gasteiger partial charge in [0.05, 0.1) is 6.61 Å². The van der Waals surface area contributed by atoms with Crippen LogP contribution in [0.15, 0.2) is 4.99 Å². The van der Waals surface area contributed by atoms with Crippen molar-refractivity contribution in [1.29, 1.82) is 0 Å². The summed E-state index contributed by atoms with van der Waals surface area (Å²) >= 11 is 0. The Bertz CT molecular complexity index is 182. The number of nitrogens with two attached hydrogens (primary N) is 1. The van der Waals surface area contributed by atoms with Crippen LogP contribution >= 0.6 is 0 Å². The van der Waals surface area contributed by atoms with Crippen LogP contribution in [0, 0.1) is 0 Å². The summed E-state index contributed by atoms with van der Waals surface area (Å²) in [4.78, 5) is 3.79. The maximum Gasteiger partial charge on any atom is 0.285 e. The minimum Gasteiger partial charge on any atom is -0.454 e. The Morgan fingerprint density at radius 3 is 3.20 bits per heavy atom. The van der Waals surface area contributed by atoms with Gasteiger partial charge in [0.15, 0.2) is 12.3 Å². The summed E-state index contributed by atoms with van der Waals surface area (Å²) in [6, 6.07) is 0.105. The summed E-state index contributed by atoms with van der Waals surface area (Å²) in [7, 11) is 0. The van der Waals surface area contributed by atoms with Crippen molar-refractivity contribution < 1.29 is 14.6 Å². The Morgan fingerprint density at radius 1 is 1.70 bits per heavy atom. The first kappa shape index (κ1) is 5.94. The van der Waals surface area contributed by atoms with Gasteiger partial charge >= 0.3 is 0 Å². The number of hydrogen-bond donors (Lipinski definition) is 2. The van der Waals surface area contributed by atoms with Crippen molar-refractivity contribution in [3.05, 3.63) is 0 Å². The van der Waals surface area contributed by atoms with Gasteiger partial charge in [-0.3, -0.25) is 0 Å². The quantitative estimate of drug-likeness (QED) is 0.430. The molecule has 56 valence electrons. The number of aliphatic hydroxyl groups excluding tert-OH is 1. The Labute approximate surface area is 57.4 Å². The molecule has 3 N–H and O–H groups in total. The minimum absolute atomic E-state index is 0.105. The second-order valence-electron chi connectivity index (χ2n) is 2.34. The summed E-state index contributed by atoms with van der Waals surface area (Å²) in [5, 5.41) is 9.14. The van der Waals surface area contributed by atoms with Gasteiger partial charge in [0, 0.05) is 0 Å². The lowest BCUT2D eigenvalue weighted by Crippen LogP contribution is -2.30. The van der Waals surface area contributed by atoms with E-state index in [1.54, 1.807) is 0 Å². The van der Waals surface area contributed by atoms with E-state index in [0.29, 0.717) is 0 Å². The van der Waals surface area contributed by atoms with Gasteiger partial charge in [0.2, 0.25) is 0 Å². The molecule has 3 atom stereocenters. The smallest absolute Gasteiger partial charge is 0.285 e. The van der Waals surface area contributed by atoms with Gasteiger partial charge in [-0.25, -0.2) is 0 Å². The number of aliphatic imine (C=N–C) groups is 1. The topological polar surface area (TPSA) is 77.1 Å². The monoisotopic (exact) mass is 144 g/mol. The van der Waals surface area contributed by atoms with Crippen molar-refractivity contribution in [3.8, 4) is 0 Å². The van der Waals surface area contributed by atoms with Crippen molar-refractivity contribution >= 4 is 6.02 Å². The number of aliphatic hydroxyl groups is 1. The van der Waals surface area contributed by atoms with Crippen molar-refractivity contribution in [1.82, 2.24) is 0 Å². The molecular weight excluding hydrogens is 136 g/mol. The highest BCUT2D eigenvalue weighted by Gasteiger charge is 2.42. The van der Waals surface area contributed by atoms with Crippen LogP contribution in [0.25, 0.3) is 0 Å². The van der Waals surface area contributed by atoms with Crippen LogP contribution in [0.2, 0.25) is 0 Å². The fourth-order valence-electron chi connectivity index (χ4n) is 1.12. The Kier molecular flexibility index (Phi) is 1.09. The number of rotatable bonds is 0. The normalized spacial score (nSPS) is 44.5. The molecule has 2 aliphatic rings. The van der Waals surface area contributed by atoms with E-state index in [2.05, 4.69) is 4.99 Å². The molecule has 2 rings (SSSR count). The molecule has 0 aromatic carbocycles. The van der Waals surface area contributed by atoms with Gasteiger partial charge in [-0.05, 0) is 0 Å². The highest BCUT2D eigenvalue weighted by atomic mass is 16.6. The summed E-state index contributed by atoms with van der Waals surface area (Å²) in [6.45, 7) is 0.284. The van der Waals surface area contributed by atoms with Gasteiger partial charge in [0.1, 0.15) is 6.10 Å². The van der Waals surface area contributed by atoms with Crippen LogP contribution in [0.4, 0.5) is 0 Å². The average molecular weight is 144 g/mol. The van der Waals surface area contributed by atoms with Crippen LogP contribution < -0.4 is 5.73 Å². The second-order valence-corrected chi connectivity index (χ2v) is 2.34. The maximum atomic E-state index is 9.14. The lowest BCUT2D eigenvalue weighted by Gasteiger charge is -2.08. The molecular formula is C5H8N2O3. The molecule has 0 aliphatic carbocycles. The van der Waals surface area contributed by atoms with Crippen molar-refractivity contribution in [2.24, 2.45) is 10.7 Å². The number of fused-ring (bicyclic) bond motifs is 1. The first-order valence-corrected chi connectivity index (χ1v) is 3.07. The van der Waals surface area contributed by atoms with E-state index in [1.165, 1.54) is 0 Å². The maximum absolute atomic E-state index is 9.14. The number of hydrogen-bond acceptors (Lipinski definition) is 5. The molecule has 1 saturated heterocycles. The molecule has 0 spiro atoms. The van der Waals surface area contributed by atoms with Crippen LogP contribution in [-0.2, 0) is 9.47 Å². The zero-order valence-corrected chi connectivity index (χ0v) is 5.23. The van der Waals surface area contributed by atoms with Gasteiger partial charge in [0.25, 0.3) is 6.02 Å². The summed E-state index contributed by atoms with van der Waals surface area (Å²) in [6.07, 6.45) is -1.34. The molecule has 5 nitrogen and oxygen atoms in total. The largest absolute Gasteiger partial charge is 0.454 e. The Balaban J connectivity index is 2.14. The fourth-order valence-corrected chi connectivity index (χ4v) is 1.12. The van der Waals surface area contributed by atoms with Gasteiger partial charge in [-0.2, -0.15) is 4.99 Å². The van der Waals surface area contributed by atoms with Crippen molar-refractivity contribution in [2.75, 3.05) is 6.61 Å². The summed E-state index contributed by atoms with van der Waals surface area (Å²) < 4.78 is 9.97. The number of amidine groups is 1. The predicted molar refractivity (Wildman–Crippen MR) is 32.2 cm³/mol. The summed E-state index contributed by atoms with van der Waals surface area (Å²) in [5.74, 6) is 0.